The number of benzene rings is 2. The van der Waals surface area contributed by atoms with E-state index < -0.39 is 4.92 Å². The molecule has 2 rings (SSSR count). The summed E-state index contributed by atoms with van der Waals surface area (Å²) in [5.74, 6) is -0.404. The van der Waals surface area contributed by atoms with Gasteiger partial charge < -0.3 is 5.32 Å². The largest absolute Gasteiger partial charge is 0.325 e. The zero-order chi connectivity index (χ0) is 20.7. The van der Waals surface area contributed by atoms with E-state index in [0.29, 0.717) is 33.0 Å². The first-order chi connectivity index (χ1) is 12.7. The topological polar surface area (TPSA) is 72.2 Å². The van der Waals surface area contributed by atoms with Crippen LogP contribution in [0.15, 0.2) is 43.0 Å². The number of amides is 1. The zero-order valence-corrected chi connectivity index (χ0v) is 17.1. The van der Waals surface area contributed by atoms with Gasteiger partial charge in [-0.1, -0.05) is 64.1 Å². The lowest BCUT2D eigenvalue weighted by molar-refractivity contribution is -0.385. The molecule has 1 N–H and O–H groups in total. The molecule has 0 heterocycles. The number of carbonyl (C=O) groups is 1. The SMILES string of the molecule is C=C(c1ccccc1Cl)c1c(NC(=O)C(C)C)ccc([N+](=O)[O-])c1C.CC. The van der Waals surface area contributed by atoms with Crippen LogP contribution in [0, 0.1) is 23.0 Å². The average molecular weight is 389 g/mol. The minimum Gasteiger partial charge on any atom is -0.325 e. The van der Waals surface area contributed by atoms with Crippen molar-refractivity contribution < 1.29 is 9.72 Å². The van der Waals surface area contributed by atoms with E-state index in [-0.39, 0.29) is 17.5 Å². The van der Waals surface area contributed by atoms with Gasteiger partial charge in [-0.3, -0.25) is 14.9 Å². The molecule has 1 amide bonds. The molecule has 0 saturated carbocycles. The van der Waals surface area contributed by atoms with Gasteiger partial charge in [-0.15, -0.1) is 0 Å². The van der Waals surface area contributed by atoms with Crippen molar-refractivity contribution in [1.82, 2.24) is 0 Å². The summed E-state index contributed by atoms with van der Waals surface area (Å²) in [6, 6.07) is 10.0. The number of rotatable bonds is 5. The molecule has 0 aliphatic heterocycles. The van der Waals surface area contributed by atoms with Gasteiger partial charge in [0, 0.05) is 39.4 Å². The highest BCUT2D eigenvalue weighted by atomic mass is 35.5. The van der Waals surface area contributed by atoms with Crippen LogP contribution >= 0.6 is 11.6 Å². The van der Waals surface area contributed by atoms with E-state index in [4.69, 9.17) is 11.6 Å². The number of hydrogen-bond donors (Lipinski definition) is 1. The molecule has 2 aromatic rings. The molecular formula is C21H25ClN2O3. The highest BCUT2D eigenvalue weighted by molar-refractivity contribution is 6.32. The first-order valence-corrected chi connectivity index (χ1v) is 9.14. The third-order valence-corrected chi connectivity index (χ3v) is 4.25. The third kappa shape index (κ3) is 5.17. The molecular weight excluding hydrogens is 364 g/mol. The highest BCUT2D eigenvalue weighted by Gasteiger charge is 2.22. The van der Waals surface area contributed by atoms with Crippen LogP contribution < -0.4 is 5.32 Å². The number of nitro benzene ring substituents is 1. The number of carbonyl (C=O) groups excluding carboxylic acids is 1. The Labute approximate surface area is 165 Å². The zero-order valence-electron chi connectivity index (χ0n) is 16.3. The van der Waals surface area contributed by atoms with E-state index in [0.717, 1.165) is 0 Å². The van der Waals surface area contributed by atoms with Crippen LogP contribution in [0.5, 0.6) is 0 Å². The maximum atomic E-state index is 12.1. The molecule has 144 valence electrons. The van der Waals surface area contributed by atoms with Crippen LogP contribution in [0.1, 0.15) is 44.4 Å². The summed E-state index contributed by atoms with van der Waals surface area (Å²) in [7, 11) is 0. The van der Waals surface area contributed by atoms with Crippen LogP contribution in [0.3, 0.4) is 0 Å². The molecule has 0 spiro atoms. The molecule has 0 atom stereocenters. The van der Waals surface area contributed by atoms with Crippen molar-refractivity contribution in [3.05, 3.63) is 74.8 Å². The lowest BCUT2D eigenvalue weighted by atomic mass is 9.92. The Hall–Kier alpha value is -2.66. The molecule has 0 radical (unpaired) electrons. The number of nitro groups is 1. The Morgan fingerprint density at radius 1 is 1.19 bits per heavy atom. The van der Waals surface area contributed by atoms with Crippen LogP contribution in [0.4, 0.5) is 11.4 Å². The minimum atomic E-state index is -0.452. The molecule has 0 saturated heterocycles. The van der Waals surface area contributed by atoms with Crippen molar-refractivity contribution >= 4 is 34.5 Å². The predicted molar refractivity (Wildman–Crippen MR) is 112 cm³/mol. The molecule has 5 nitrogen and oxygen atoms in total. The second-order valence-corrected chi connectivity index (χ2v) is 6.40. The Morgan fingerprint density at radius 3 is 2.30 bits per heavy atom. The van der Waals surface area contributed by atoms with Crippen LogP contribution in [-0.2, 0) is 4.79 Å². The van der Waals surface area contributed by atoms with Gasteiger partial charge in [-0.05, 0) is 24.6 Å². The van der Waals surface area contributed by atoms with E-state index in [1.165, 1.54) is 12.1 Å². The Morgan fingerprint density at radius 2 is 1.78 bits per heavy atom. The van der Waals surface area contributed by atoms with Crippen molar-refractivity contribution in [2.75, 3.05) is 5.32 Å². The summed E-state index contributed by atoms with van der Waals surface area (Å²) in [4.78, 5) is 23.0. The maximum Gasteiger partial charge on any atom is 0.273 e. The lowest BCUT2D eigenvalue weighted by Crippen LogP contribution is -2.19. The summed E-state index contributed by atoms with van der Waals surface area (Å²) in [6.07, 6.45) is 0. The fourth-order valence-electron chi connectivity index (χ4n) is 2.51. The lowest BCUT2D eigenvalue weighted by Gasteiger charge is -2.18. The normalized spacial score (nSPS) is 10.0. The summed E-state index contributed by atoms with van der Waals surface area (Å²) < 4.78 is 0. The maximum absolute atomic E-state index is 12.1. The standard InChI is InChI=1S/C19H19ClN2O3.C2H6/c1-11(2)19(23)21-16-9-10-17(22(24)25)13(4)18(16)12(3)14-7-5-6-8-15(14)20;1-2/h5-11H,3H2,1-2,4H3,(H,21,23);1-2H3. The highest BCUT2D eigenvalue weighted by Crippen LogP contribution is 2.38. The summed E-state index contributed by atoms with van der Waals surface area (Å²) >= 11 is 6.25. The molecule has 0 aliphatic rings. The van der Waals surface area contributed by atoms with Gasteiger partial charge in [0.15, 0.2) is 0 Å². The van der Waals surface area contributed by atoms with Gasteiger partial charge >= 0.3 is 0 Å². The number of hydrogen-bond acceptors (Lipinski definition) is 3. The fourth-order valence-corrected chi connectivity index (χ4v) is 2.76. The Kier molecular flexibility index (Phi) is 8.19. The number of nitrogens with one attached hydrogen (secondary N) is 1. The Bertz CT molecular complexity index is 861. The van der Waals surface area contributed by atoms with Gasteiger partial charge in [0.1, 0.15) is 0 Å². The van der Waals surface area contributed by atoms with Crippen molar-refractivity contribution in [1.29, 1.82) is 0 Å². The van der Waals surface area contributed by atoms with Crippen LogP contribution in [-0.4, -0.2) is 10.8 Å². The average Bonchev–Trinajstić information content (AvgIpc) is 2.63. The fraction of sp³-hybridized carbons (Fsp3) is 0.286. The first kappa shape index (κ1) is 22.4. The molecule has 27 heavy (non-hydrogen) atoms. The summed E-state index contributed by atoms with van der Waals surface area (Å²) in [6.45, 7) is 13.3. The second kappa shape index (κ2) is 9.88. The molecule has 0 fully saturated rings. The second-order valence-electron chi connectivity index (χ2n) is 5.99. The van der Waals surface area contributed by atoms with Crippen molar-refractivity contribution in [3.63, 3.8) is 0 Å². The molecule has 0 aromatic heterocycles. The number of anilines is 1. The van der Waals surface area contributed by atoms with E-state index >= 15 is 0 Å². The van der Waals surface area contributed by atoms with E-state index in [9.17, 15) is 14.9 Å². The van der Waals surface area contributed by atoms with Crippen molar-refractivity contribution in [2.24, 2.45) is 5.92 Å². The molecule has 2 aromatic carbocycles. The van der Waals surface area contributed by atoms with Gasteiger partial charge in [-0.25, -0.2) is 0 Å². The first-order valence-electron chi connectivity index (χ1n) is 8.77. The molecule has 6 heteroatoms. The molecule has 0 bridgehead atoms. The predicted octanol–water partition coefficient (Wildman–Crippen LogP) is 6.24. The molecule has 0 aliphatic carbocycles. The summed E-state index contributed by atoms with van der Waals surface area (Å²) in [5, 5.41) is 14.6. The van der Waals surface area contributed by atoms with E-state index in [2.05, 4.69) is 11.9 Å². The number of nitrogens with zero attached hydrogens (tertiary/aromatic N) is 1. The Balaban J connectivity index is 0.00000176. The van der Waals surface area contributed by atoms with Gasteiger partial charge in [0.25, 0.3) is 5.69 Å². The van der Waals surface area contributed by atoms with E-state index in [1.54, 1.807) is 39.0 Å². The quantitative estimate of drug-likeness (QED) is 0.486. The minimum absolute atomic E-state index is 0.0363. The van der Waals surface area contributed by atoms with Gasteiger partial charge in [0.2, 0.25) is 5.91 Å². The van der Waals surface area contributed by atoms with Crippen molar-refractivity contribution in [3.8, 4) is 0 Å². The van der Waals surface area contributed by atoms with Crippen LogP contribution in [0.2, 0.25) is 5.02 Å². The van der Waals surface area contributed by atoms with Gasteiger partial charge in [-0.2, -0.15) is 0 Å². The number of halogens is 1. The van der Waals surface area contributed by atoms with Crippen molar-refractivity contribution in [2.45, 2.75) is 34.6 Å². The van der Waals surface area contributed by atoms with E-state index in [1.807, 2.05) is 19.9 Å². The summed E-state index contributed by atoms with van der Waals surface area (Å²) in [5.41, 5.74) is 2.56. The smallest absolute Gasteiger partial charge is 0.273 e. The third-order valence-electron chi connectivity index (χ3n) is 3.92. The monoisotopic (exact) mass is 388 g/mol. The molecule has 0 unspecified atom stereocenters. The van der Waals surface area contributed by atoms with Gasteiger partial charge in [0.05, 0.1) is 4.92 Å². The van der Waals surface area contributed by atoms with Crippen LogP contribution in [0.25, 0.3) is 5.57 Å².